The molecule has 0 unspecified atom stereocenters. The number of nitrogens with zero attached hydrogens (tertiary/aromatic N) is 1. The van der Waals surface area contributed by atoms with Crippen molar-refractivity contribution in [2.75, 3.05) is 11.6 Å². The lowest BCUT2D eigenvalue weighted by atomic mass is 10.2. The number of pyridine rings is 1. The molecular weight excluding hydrogens is 248 g/mol. The fourth-order valence-electron chi connectivity index (χ4n) is 1.51. The maximum absolute atomic E-state index is 11.0. The van der Waals surface area contributed by atoms with E-state index < -0.39 is 5.97 Å². The Morgan fingerprint density at radius 3 is 2.61 bits per heavy atom. The van der Waals surface area contributed by atoms with Crippen LogP contribution in [0, 0.1) is 0 Å². The minimum absolute atomic E-state index is 0.207. The van der Waals surface area contributed by atoms with Gasteiger partial charge in [0.2, 0.25) is 0 Å². The van der Waals surface area contributed by atoms with E-state index in [4.69, 9.17) is 5.11 Å². The topological polar surface area (TPSA) is 62.2 Å². The number of carboxylic acid groups (broad SMARTS) is 1. The number of carbonyl (C=O) groups is 1. The van der Waals surface area contributed by atoms with Crippen molar-refractivity contribution in [3.05, 3.63) is 48.3 Å². The van der Waals surface area contributed by atoms with Gasteiger partial charge >= 0.3 is 5.97 Å². The van der Waals surface area contributed by atoms with Gasteiger partial charge in [-0.1, -0.05) is 0 Å². The fraction of sp³-hybridized carbons (Fsp3) is 0.0769. The molecule has 0 spiro atoms. The molecule has 2 aromatic rings. The van der Waals surface area contributed by atoms with Crippen molar-refractivity contribution < 1.29 is 9.90 Å². The molecule has 2 N–H and O–H groups in total. The van der Waals surface area contributed by atoms with Crippen molar-refractivity contribution >= 4 is 29.1 Å². The van der Waals surface area contributed by atoms with Gasteiger partial charge in [-0.15, -0.1) is 11.8 Å². The Balaban J connectivity index is 2.25. The van der Waals surface area contributed by atoms with Gasteiger partial charge in [-0.3, -0.25) is 4.98 Å². The Morgan fingerprint density at radius 2 is 2.00 bits per heavy atom. The highest BCUT2D eigenvalue weighted by atomic mass is 32.2. The van der Waals surface area contributed by atoms with E-state index in [9.17, 15) is 4.79 Å². The Hall–Kier alpha value is -2.01. The molecule has 0 aliphatic heterocycles. The van der Waals surface area contributed by atoms with Crippen LogP contribution in [0.5, 0.6) is 0 Å². The summed E-state index contributed by atoms with van der Waals surface area (Å²) < 4.78 is 0. The first kappa shape index (κ1) is 12.4. The number of rotatable bonds is 4. The molecule has 0 saturated heterocycles. The molecular formula is C13H12N2O2S. The van der Waals surface area contributed by atoms with E-state index in [1.807, 2.05) is 30.5 Å². The van der Waals surface area contributed by atoms with Gasteiger partial charge in [-0.25, -0.2) is 4.79 Å². The second-order valence-corrected chi connectivity index (χ2v) is 4.46. The van der Waals surface area contributed by atoms with E-state index >= 15 is 0 Å². The molecule has 0 atom stereocenters. The molecule has 0 aliphatic rings. The number of anilines is 2. The molecule has 0 aliphatic carbocycles. The lowest BCUT2D eigenvalue weighted by molar-refractivity contribution is 0.0698. The average Bonchev–Trinajstić information content (AvgIpc) is 2.40. The van der Waals surface area contributed by atoms with Gasteiger partial charge in [0.25, 0.3) is 0 Å². The SMILES string of the molecule is CSc1ccc(Nc2cnccc2C(=O)O)cc1. The van der Waals surface area contributed by atoms with Crippen molar-refractivity contribution in [1.82, 2.24) is 4.98 Å². The van der Waals surface area contributed by atoms with E-state index in [0.717, 1.165) is 10.6 Å². The molecule has 1 aromatic carbocycles. The summed E-state index contributed by atoms with van der Waals surface area (Å²) in [5.74, 6) is -0.972. The zero-order valence-corrected chi connectivity index (χ0v) is 10.6. The largest absolute Gasteiger partial charge is 0.478 e. The van der Waals surface area contributed by atoms with Crippen molar-refractivity contribution in [3.63, 3.8) is 0 Å². The molecule has 0 saturated carbocycles. The number of thioether (sulfide) groups is 1. The maximum atomic E-state index is 11.0. The summed E-state index contributed by atoms with van der Waals surface area (Å²) in [7, 11) is 0. The molecule has 0 radical (unpaired) electrons. The van der Waals surface area contributed by atoms with Gasteiger partial charge in [-0.2, -0.15) is 0 Å². The number of nitrogens with one attached hydrogen (secondary N) is 1. The van der Waals surface area contributed by atoms with E-state index in [2.05, 4.69) is 10.3 Å². The first-order valence-corrected chi connectivity index (χ1v) is 6.51. The zero-order chi connectivity index (χ0) is 13.0. The molecule has 0 bridgehead atoms. The van der Waals surface area contributed by atoms with E-state index in [0.29, 0.717) is 5.69 Å². The maximum Gasteiger partial charge on any atom is 0.337 e. The van der Waals surface area contributed by atoms with Crippen LogP contribution in [0.15, 0.2) is 47.6 Å². The number of benzene rings is 1. The van der Waals surface area contributed by atoms with E-state index in [1.54, 1.807) is 11.8 Å². The Bertz CT molecular complexity index is 555. The molecule has 1 heterocycles. The van der Waals surface area contributed by atoms with Crippen molar-refractivity contribution in [2.45, 2.75) is 4.90 Å². The second-order valence-electron chi connectivity index (χ2n) is 3.58. The van der Waals surface area contributed by atoms with Gasteiger partial charge in [0.05, 0.1) is 17.4 Å². The van der Waals surface area contributed by atoms with Crippen LogP contribution in [0.2, 0.25) is 0 Å². The Kier molecular flexibility index (Phi) is 3.84. The summed E-state index contributed by atoms with van der Waals surface area (Å²) in [6.45, 7) is 0. The third kappa shape index (κ3) is 2.81. The minimum atomic E-state index is -0.972. The Labute approximate surface area is 109 Å². The summed E-state index contributed by atoms with van der Waals surface area (Å²) in [4.78, 5) is 16.1. The quantitative estimate of drug-likeness (QED) is 0.826. The van der Waals surface area contributed by atoms with E-state index in [1.165, 1.54) is 18.5 Å². The second kappa shape index (κ2) is 5.55. The van der Waals surface area contributed by atoms with Gasteiger partial charge in [0.1, 0.15) is 0 Å². The number of aromatic carboxylic acids is 1. The van der Waals surface area contributed by atoms with Crippen molar-refractivity contribution in [2.24, 2.45) is 0 Å². The third-order valence-corrected chi connectivity index (χ3v) is 3.16. The van der Waals surface area contributed by atoms with Crippen LogP contribution in [0.4, 0.5) is 11.4 Å². The normalized spacial score (nSPS) is 10.1. The van der Waals surface area contributed by atoms with Gasteiger partial charge in [0, 0.05) is 16.8 Å². The van der Waals surface area contributed by atoms with Gasteiger partial charge in [-0.05, 0) is 36.6 Å². The van der Waals surface area contributed by atoms with Crippen LogP contribution in [-0.2, 0) is 0 Å². The van der Waals surface area contributed by atoms with Crippen LogP contribution in [-0.4, -0.2) is 22.3 Å². The zero-order valence-electron chi connectivity index (χ0n) is 9.75. The van der Waals surface area contributed by atoms with Crippen LogP contribution in [0.3, 0.4) is 0 Å². The van der Waals surface area contributed by atoms with Crippen LogP contribution >= 0.6 is 11.8 Å². The smallest absolute Gasteiger partial charge is 0.337 e. The molecule has 2 rings (SSSR count). The fourth-order valence-corrected chi connectivity index (χ4v) is 1.92. The molecule has 0 fully saturated rings. The summed E-state index contributed by atoms with van der Waals surface area (Å²) in [5, 5.41) is 12.1. The number of hydrogen-bond donors (Lipinski definition) is 2. The molecule has 5 heteroatoms. The van der Waals surface area contributed by atoms with Crippen LogP contribution in [0.1, 0.15) is 10.4 Å². The lowest BCUT2D eigenvalue weighted by Crippen LogP contribution is -2.02. The molecule has 92 valence electrons. The van der Waals surface area contributed by atoms with Crippen LogP contribution in [0.25, 0.3) is 0 Å². The summed E-state index contributed by atoms with van der Waals surface area (Å²) in [5.41, 5.74) is 1.53. The van der Waals surface area contributed by atoms with Crippen molar-refractivity contribution in [3.8, 4) is 0 Å². The standard InChI is InChI=1S/C13H12N2O2S/c1-18-10-4-2-9(3-5-10)15-12-8-14-7-6-11(12)13(16)17/h2-8,15H,1H3,(H,16,17). The minimum Gasteiger partial charge on any atom is -0.478 e. The molecule has 0 amide bonds. The Morgan fingerprint density at radius 1 is 1.28 bits per heavy atom. The number of carboxylic acids is 1. The van der Waals surface area contributed by atoms with Crippen LogP contribution < -0.4 is 5.32 Å². The highest BCUT2D eigenvalue weighted by molar-refractivity contribution is 7.98. The third-order valence-electron chi connectivity index (χ3n) is 2.42. The highest BCUT2D eigenvalue weighted by Crippen LogP contribution is 2.22. The molecule has 18 heavy (non-hydrogen) atoms. The lowest BCUT2D eigenvalue weighted by Gasteiger charge is -2.09. The first-order chi connectivity index (χ1) is 8.70. The number of aromatic nitrogens is 1. The van der Waals surface area contributed by atoms with E-state index in [-0.39, 0.29) is 5.56 Å². The monoisotopic (exact) mass is 260 g/mol. The first-order valence-electron chi connectivity index (χ1n) is 5.29. The molecule has 4 nitrogen and oxygen atoms in total. The van der Waals surface area contributed by atoms with Gasteiger partial charge in [0.15, 0.2) is 0 Å². The predicted octanol–water partition coefficient (Wildman–Crippen LogP) is 3.25. The molecule has 1 aromatic heterocycles. The summed E-state index contributed by atoms with van der Waals surface area (Å²) >= 11 is 1.66. The number of hydrogen-bond acceptors (Lipinski definition) is 4. The highest BCUT2D eigenvalue weighted by Gasteiger charge is 2.09. The summed E-state index contributed by atoms with van der Waals surface area (Å²) in [6.07, 6.45) is 4.98. The summed E-state index contributed by atoms with van der Waals surface area (Å²) in [6, 6.07) is 9.24. The predicted molar refractivity (Wildman–Crippen MR) is 72.7 cm³/mol. The van der Waals surface area contributed by atoms with Crippen molar-refractivity contribution in [1.29, 1.82) is 0 Å². The average molecular weight is 260 g/mol. The van der Waals surface area contributed by atoms with Gasteiger partial charge < -0.3 is 10.4 Å².